The van der Waals surface area contributed by atoms with E-state index in [1.165, 1.54) is 6.07 Å². The van der Waals surface area contributed by atoms with Crippen LogP contribution in [0, 0.1) is 6.92 Å². The van der Waals surface area contributed by atoms with Crippen LogP contribution in [0.5, 0.6) is 0 Å². The fraction of sp³-hybridized carbons (Fsp3) is 0.364. The molecule has 0 saturated carbocycles. The zero-order chi connectivity index (χ0) is 23.3. The van der Waals surface area contributed by atoms with Gasteiger partial charge in [0.05, 0.1) is 29.3 Å². The number of carbonyl (C=O) groups excluding carboxylic acids is 2. The Morgan fingerprint density at radius 2 is 1.97 bits per heavy atom. The molecule has 0 aliphatic carbocycles. The normalized spacial score (nSPS) is 15.9. The molecule has 3 rings (SSSR count). The topological polar surface area (TPSA) is 105 Å². The largest absolute Gasteiger partial charge is 0.376 e. The van der Waals surface area contributed by atoms with Gasteiger partial charge in [0.2, 0.25) is 15.9 Å². The fourth-order valence-corrected chi connectivity index (χ4v) is 4.52. The monoisotopic (exact) mass is 479 g/mol. The van der Waals surface area contributed by atoms with Gasteiger partial charge < -0.3 is 15.4 Å². The van der Waals surface area contributed by atoms with Crippen LogP contribution in [0.15, 0.2) is 42.5 Å². The third kappa shape index (κ3) is 6.21. The number of sulfonamides is 1. The van der Waals surface area contributed by atoms with Crippen LogP contribution in [0.3, 0.4) is 0 Å². The number of rotatable bonds is 8. The van der Waals surface area contributed by atoms with Crippen LogP contribution >= 0.6 is 11.6 Å². The van der Waals surface area contributed by atoms with E-state index in [9.17, 15) is 18.0 Å². The van der Waals surface area contributed by atoms with Crippen LogP contribution in [0.25, 0.3) is 0 Å². The minimum Gasteiger partial charge on any atom is -0.376 e. The van der Waals surface area contributed by atoms with Crippen molar-refractivity contribution in [3.05, 3.63) is 58.6 Å². The molecule has 172 valence electrons. The van der Waals surface area contributed by atoms with Gasteiger partial charge in [0.25, 0.3) is 5.91 Å². The van der Waals surface area contributed by atoms with Crippen molar-refractivity contribution in [2.45, 2.75) is 25.9 Å². The highest BCUT2D eigenvalue weighted by molar-refractivity contribution is 7.92. The number of halogens is 1. The second-order valence-electron chi connectivity index (χ2n) is 7.64. The highest BCUT2D eigenvalue weighted by atomic mass is 35.5. The highest BCUT2D eigenvalue weighted by Crippen LogP contribution is 2.26. The summed E-state index contributed by atoms with van der Waals surface area (Å²) in [5.74, 6) is -0.934. The van der Waals surface area contributed by atoms with E-state index in [0.29, 0.717) is 35.1 Å². The number of ether oxygens (including phenoxy) is 1. The second kappa shape index (κ2) is 10.3. The van der Waals surface area contributed by atoms with Gasteiger partial charge in [-0.15, -0.1) is 0 Å². The summed E-state index contributed by atoms with van der Waals surface area (Å²) in [6, 6.07) is 11.4. The first-order chi connectivity index (χ1) is 15.1. The van der Waals surface area contributed by atoms with E-state index >= 15 is 0 Å². The molecule has 2 amide bonds. The number of hydrogen-bond acceptors (Lipinski definition) is 5. The van der Waals surface area contributed by atoms with Gasteiger partial charge in [0.1, 0.15) is 6.54 Å². The molecular formula is C22H26ClN3O5S. The number of carbonyl (C=O) groups is 2. The fourth-order valence-electron chi connectivity index (χ4n) is 3.45. The number of amides is 2. The SMILES string of the molecule is Cc1ccc(Cl)cc1N(CC(=O)Nc1ccccc1C(=O)NC[C@@H]1CCCO1)S(C)(=O)=O. The second-order valence-corrected chi connectivity index (χ2v) is 9.98. The minimum atomic E-state index is -3.77. The molecule has 1 aliphatic heterocycles. The molecule has 0 bridgehead atoms. The van der Waals surface area contributed by atoms with E-state index in [0.717, 1.165) is 23.4 Å². The molecule has 1 fully saturated rings. The predicted molar refractivity (Wildman–Crippen MR) is 125 cm³/mol. The summed E-state index contributed by atoms with van der Waals surface area (Å²) in [6.45, 7) is 2.34. The molecule has 1 heterocycles. The average molecular weight is 480 g/mol. The smallest absolute Gasteiger partial charge is 0.253 e. The maximum atomic E-state index is 12.8. The predicted octanol–water partition coefficient (Wildman–Crippen LogP) is 2.96. The Hall–Kier alpha value is -2.62. The van der Waals surface area contributed by atoms with E-state index in [1.807, 2.05) is 0 Å². The molecule has 1 aliphatic rings. The lowest BCUT2D eigenvalue weighted by molar-refractivity contribution is -0.114. The van der Waals surface area contributed by atoms with Crippen LogP contribution in [-0.2, 0) is 19.6 Å². The van der Waals surface area contributed by atoms with Crippen molar-refractivity contribution in [3.8, 4) is 0 Å². The van der Waals surface area contributed by atoms with Crippen molar-refractivity contribution >= 4 is 44.8 Å². The van der Waals surface area contributed by atoms with Gasteiger partial charge >= 0.3 is 0 Å². The van der Waals surface area contributed by atoms with Crippen molar-refractivity contribution in [1.29, 1.82) is 0 Å². The maximum absolute atomic E-state index is 12.8. The molecule has 8 nitrogen and oxygen atoms in total. The minimum absolute atomic E-state index is 0.00930. The molecule has 2 N–H and O–H groups in total. The lowest BCUT2D eigenvalue weighted by Gasteiger charge is -2.24. The van der Waals surface area contributed by atoms with Crippen molar-refractivity contribution in [2.75, 3.05) is 35.6 Å². The first-order valence-electron chi connectivity index (χ1n) is 10.2. The van der Waals surface area contributed by atoms with Gasteiger partial charge in [-0.25, -0.2) is 8.42 Å². The third-order valence-corrected chi connectivity index (χ3v) is 6.45. The molecule has 0 aromatic heterocycles. The van der Waals surface area contributed by atoms with Crippen molar-refractivity contribution in [1.82, 2.24) is 5.32 Å². The Kier molecular flexibility index (Phi) is 7.76. The van der Waals surface area contributed by atoms with E-state index < -0.39 is 22.5 Å². The summed E-state index contributed by atoms with van der Waals surface area (Å²) < 4.78 is 31.3. The molecule has 1 saturated heterocycles. The number of anilines is 2. The van der Waals surface area contributed by atoms with Gasteiger partial charge in [-0.2, -0.15) is 0 Å². The summed E-state index contributed by atoms with van der Waals surface area (Å²) in [5.41, 5.74) is 1.54. The van der Waals surface area contributed by atoms with E-state index in [4.69, 9.17) is 16.3 Å². The summed E-state index contributed by atoms with van der Waals surface area (Å²) in [6.07, 6.45) is 2.87. The third-order valence-electron chi connectivity index (χ3n) is 5.09. The number of benzene rings is 2. The quantitative estimate of drug-likeness (QED) is 0.605. The van der Waals surface area contributed by atoms with Crippen LogP contribution < -0.4 is 14.9 Å². The summed E-state index contributed by atoms with van der Waals surface area (Å²) in [7, 11) is -3.77. The first kappa shape index (κ1) is 24.0. The number of hydrogen-bond donors (Lipinski definition) is 2. The number of nitrogens with one attached hydrogen (secondary N) is 2. The molecule has 0 unspecified atom stereocenters. The number of para-hydroxylation sites is 1. The van der Waals surface area contributed by atoms with Gasteiger partial charge in [-0.3, -0.25) is 13.9 Å². The molecule has 2 aromatic carbocycles. The molecule has 32 heavy (non-hydrogen) atoms. The van der Waals surface area contributed by atoms with Gasteiger partial charge in [-0.1, -0.05) is 29.8 Å². The standard InChI is InChI=1S/C22H26ClN3O5S/c1-15-9-10-16(23)12-20(15)26(32(2,29)30)14-21(27)25-19-8-4-3-7-18(19)22(28)24-13-17-6-5-11-31-17/h3-4,7-10,12,17H,5-6,11,13-14H2,1-2H3,(H,24,28)(H,25,27)/t17-/m0/s1. The number of aryl methyl sites for hydroxylation is 1. The van der Waals surface area contributed by atoms with Gasteiger partial charge in [0, 0.05) is 18.2 Å². The summed E-state index contributed by atoms with van der Waals surface area (Å²) in [4.78, 5) is 25.4. The molecule has 2 aromatic rings. The Labute approximate surface area is 192 Å². The van der Waals surface area contributed by atoms with E-state index in [1.54, 1.807) is 43.3 Å². The summed E-state index contributed by atoms with van der Waals surface area (Å²) >= 11 is 6.03. The molecule has 0 radical (unpaired) electrons. The van der Waals surface area contributed by atoms with Crippen molar-refractivity contribution < 1.29 is 22.7 Å². The highest BCUT2D eigenvalue weighted by Gasteiger charge is 2.24. The van der Waals surface area contributed by atoms with Crippen LogP contribution in [0.4, 0.5) is 11.4 Å². The van der Waals surface area contributed by atoms with Crippen LogP contribution in [-0.4, -0.2) is 52.3 Å². The van der Waals surface area contributed by atoms with Crippen molar-refractivity contribution in [3.63, 3.8) is 0 Å². The average Bonchev–Trinajstić information content (AvgIpc) is 3.25. The maximum Gasteiger partial charge on any atom is 0.253 e. The Balaban J connectivity index is 1.74. The van der Waals surface area contributed by atoms with Gasteiger partial charge in [-0.05, 0) is 49.6 Å². The Bertz CT molecular complexity index is 1100. The Morgan fingerprint density at radius 1 is 1.22 bits per heavy atom. The molecule has 0 spiro atoms. The van der Waals surface area contributed by atoms with Crippen LogP contribution in [0.1, 0.15) is 28.8 Å². The summed E-state index contributed by atoms with van der Waals surface area (Å²) in [5, 5.41) is 5.83. The van der Waals surface area contributed by atoms with Crippen LogP contribution in [0.2, 0.25) is 5.02 Å². The first-order valence-corrected chi connectivity index (χ1v) is 12.4. The van der Waals surface area contributed by atoms with E-state index in [-0.39, 0.29) is 17.6 Å². The van der Waals surface area contributed by atoms with E-state index in [2.05, 4.69) is 10.6 Å². The lowest BCUT2D eigenvalue weighted by atomic mass is 10.1. The zero-order valence-electron chi connectivity index (χ0n) is 17.9. The van der Waals surface area contributed by atoms with Crippen molar-refractivity contribution in [2.24, 2.45) is 0 Å². The molecule has 10 heteroatoms. The number of nitrogens with zero attached hydrogens (tertiary/aromatic N) is 1. The lowest BCUT2D eigenvalue weighted by Crippen LogP contribution is -2.38. The molecular weight excluding hydrogens is 454 g/mol. The van der Waals surface area contributed by atoms with Gasteiger partial charge in [0.15, 0.2) is 0 Å². The zero-order valence-corrected chi connectivity index (χ0v) is 19.5. The molecule has 1 atom stereocenters. The Morgan fingerprint density at radius 3 is 2.66 bits per heavy atom.